The molecule has 2 bridgehead atoms. The zero-order valence-electron chi connectivity index (χ0n) is 8.85. The highest BCUT2D eigenvalue weighted by Gasteiger charge is 2.40. The van der Waals surface area contributed by atoms with Crippen LogP contribution in [0.2, 0.25) is 0 Å². The lowest BCUT2D eigenvalue weighted by Gasteiger charge is -2.42. The Morgan fingerprint density at radius 2 is 1.87 bits per heavy atom. The Hall–Kier alpha value is -0.940. The lowest BCUT2D eigenvalue weighted by molar-refractivity contribution is -0.144. The average Bonchev–Trinajstić information content (AvgIpc) is 2.08. The first-order valence-corrected chi connectivity index (χ1v) is 5.22. The van der Waals surface area contributed by atoms with Crippen LogP contribution in [0.3, 0.4) is 0 Å². The number of carboxylic acid groups (broad SMARTS) is 1. The summed E-state index contributed by atoms with van der Waals surface area (Å²) >= 11 is 0. The van der Waals surface area contributed by atoms with Crippen LogP contribution in [0, 0.1) is 11.8 Å². The van der Waals surface area contributed by atoms with E-state index in [0.717, 1.165) is 13.1 Å². The summed E-state index contributed by atoms with van der Waals surface area (Å²) in [6, 6.07) is 0. The van der Waals surface area contributed by atoms with Crippen molar-refractivity contribution >= 4 is 11.8 Å². The molecular weight excluding hydrogens is 196 g/mol. The second-order valence-corrected chi connectivity index (χ2v) is 4.61. The third-order valence-corrected chi connectivity index (χ3v) is 3.18. The molecule has 2 heterocycles. The molecule has 0 radical (unpaired) electrons. The molecule has 2 saturated heterocycles. The Balaban J connectivity index is 2.02. The van der Waals surface area contributed by atoms with Gasteiger partial charge in [-0.1, -0.05) is 0 Å². The molecule has 2 aliphatic rings. The first-order valence-electron chi connectivity index (χ1n) is 5.22. The van der Waals surface area contributed by atoms with Crippen molar-refractivity contribution in [3.8, 4) is 0 Å². The van der Waals surface area contributed by atoms with Gasteiger partial charge in [0.05, 0.1) is 6.54 Å². The predicted octanol–water partition coefficient (Wildman–Crippen LogP) is -0.866. The van der Waals surface area contributed by atoms with Gasteiger partial charge in [-0.05, 0) is 7.05 Å². The van der Waals surface area contributed by atoms with E-state index in [0.29, 0.717) is 18.9 Å². The number of Topliss-reactive ketones (excluding diaryl/α,β-unsaturated/α-hetero) is 1. The van der Waals surface area contributed by atoms with Crippen LogP contribution in [0.15, 0.2) is 0 Å². The molecule has 84 valence electrons. The molecule has 2 rings (SSSR count). The fourth-order valence-corrected chi connectivity index (χ4v) is 2.65. The zero-order chi connectivity index (χ0) is 11.0. The Kier molecular flexibility index (Phi) is 2.75. The van der Waals surface area contributed by atoms with Gasteiger partial charge in [-0.2, -0.15) is 0 Å². The van der Waals surface area contributed by atoms with E-state index in [1.54, 1.807) is 0 Å². The number of rotatable bonds is 2. The van der Waals surface area contributed by atoms with Gasteiger partial charge in [-0.25, -0.2) is 0 Å². The van der Waals surface area contributed by atoms with Crippen LogP contribution < -0.4 is 0 Å². The van der Waals surface area contributed by atoms with Crippen molar-refractivity contribution in [3.63, 3.8) is 0 Å². The molecule has 2 atom stereocenters. The van der Waals surface area contributed by atoms with Gasteiger partial charge in [-0.3, -0.25) is 14.5 Å². The Labute approximate surface area is 88.6 Å². The Morgan fingerprint density at radius 1 is 1.33 bits per heavy atom. The second-order valence-electron chi connectivity index (χ2n) is 4.61. The van der Waals surface area contributed by atoms with Crippen molar-refractivity contribution in [3.05, 3.63) is 0 Å². The fraction of sp³-hybridized carbons (Fsp3) is 0.800. The van der Waals surface area contributed by atoms with Crippen LogP contribution in [-0.4, -0.2) is 66.4 Å². The third-order valence-electron chi connectivity index (χ3n) is 3.18. The molecule has 0 aromatic carbocycles. The van der Waals surface area contributed by atoms with Crippen LogP contribution in [0.5, 0.6) is 0 Å². The maximum atomic E-state index is 11.8. The van der Waals surface area contributed by atoms with Crippen molar-refractivity contribution in [2.45, 2.75) is 0 Å². The van der Waals surface area contributed by atoms with Crippen LogP contribution >= 0.6 is 0 Å². The van der Waals surface area contributed by atoms with Crippen molar-refractivity contribution in [1.29, 1.82) is 0 Å². The van der Waals surface area contributed by atoms with Gasteiger partial charge in [-0.15, -0.1) is 0 Å². The normalized spacial score (nSPS) is 33.0. The average molecular weight is 212 g/mol. The minimum atomic E-state index is -0.809. The summed E-state index contributed by atoms with van der Waals surface area (Å²) in [5.41, 5.74) is 0. The number of carbonyl (C=O) groups is 2. The van der Waals surface area contributed by atoms with Gasteiger partial charge < -0.3 is 10.0 Å². The molecule has 0 amide bonds. The van der Waals surface area contributed by atoms with Crippen molar-refractivity contribution in [2.75, 3.05) is 39.8 Å². The molecule has 2 fully saturated rings. The van der Waals surface area contributed by atoms with Crippen molar-refractivity contribution in [1.82, 2.24) is 9.80 Å². The number of aliphatic carboxylic acids is 1. The number of ketones is 1. The SMILES string of the molecule is CN1CC2CN(CC(=O)O)CC(C1)C2=O. The van der Waals surface area contributed by atoms with Crippen molar-refractivity contribution < 1.29 is 14.7 Å². The summed E-state index contributed by atoms with van der Waals surface area (Å²) in [6.07, 6.45) is 0. The minimum absolute atomic E-state index is 0.0156. The molecule has 0 spiro atoms. The molecular formula is C10H16N2O3. The van der Waals surface area contributed by atoms with Gasteiger partial charge in [0, 0.05) is 38.0 Å². The number of hydrogen-bond donors (Lipinski definition) is 1. The van der Waals surface area contributed by atoms with E-state index in [2.05, 4.69) is 4.90 Å². The number of fused-ring (bicyclic) bond motifs is 2. The number of carboxylic acids is 1. The maximum absolute atomic E-state index is 11.8. The molecule has 15 heavy (non-hydrogen) atoms. The van der Waals surface area contributed by atoms with E-state index in [9.17, 15) is 9.59 Å². The standard InChI is InChI=1S/C10H16N2O3/c1-11-2-7-4-12(6-9(13)14)5-8(3-11)10(7)15/h7-8H,2-6H2,1H3,(H,13,14). The number of nitrogens with zero attached hydrogens (tertiary/aromatic N) is 2. The molecule has 1 N–H and O–H groups in total. The van der Waals surface area contributed by atoms with Crippen LogP contribution in [-0.2, 0) is 9.59 Å². The fourth-order valence-electron chi connectivity index (χ4n) is 2.65. The molecule has 2 aliphatic heterocycles. The molecule has 5 heteroatoms. The monoisotopic (exact) mass is 212 g/mol. The zero-order valence-corrected chi connectivity index (χ0v) is 8.85. The molecule has 0 aromatic heterocycles. The van der Waals surface area contributed by atoms with E-state index in [4.69, 9.17) is 5.11 Å². The number of hydrogen-bond acceptors (Lipinski definition) is 4. The first-order chi connectivity index (χ1) is 7.06. The maximum Gasteiger partial charge on any atom is 0.317 e. The van der Waals surface area contributed by atoms with Gasteiger partial charge >= 0.3 is 5.97 Å². The van der Waals surface area contributed by atoms with Crippen LogP contribution in [0.1, 0.15) is 0 Å². The molecule has 0 saturated carbocycles. The summed E-state index contributed by atoms with van der Waals surface area (Å²) in [6.45, 7) is 2.80. The topological polar surface area (TPSA) is 60.9 Å². The lowest BCUT2D eigenvalue weighted by Crippen LogP contribution is -2.57. The minimum Gasteiger partial charge on any atom is -0.480 e. The summed E-state index contributed by atoms with van der Waals surface area (Å²) in [4.78, 5) is 26.4. The molecule has 2 unspecified atom stereocenters. The van der Waals surface area contributed by atoms with Crippen LogP contribution in [0.4, 0.5) is 0 Å². The van der Waals surface area contributed by atoms with Gasteiger partial charge in [0.1, 0.15) is 5.78 Å². The van der Waals surface area contributed by atoms with E-state index in [1.165, 1.54) is 0 Å². The number of carbonyl (C=O) groups excluding carboxylic acids is 1. The highest BCUT2D eigenvalue weighted by atomic mass is 16.4. The van der Waals surface area contributed by atoms with Crippen molar-refractivity contribution in [2.24, 2.45) is 11.8 Å². The second kappa shape index (κ2) is 3.90. The lowest BCUT2D eigenvalue weighted by atomic mass is 9.83. The third kappa shape index (κ3) is 2.18. The van der Waals surface area contributed by atoms with E-state index in [1.807, 2.05) is 11.9 Å². The molecule has 0 aromatic rings. The van der Waals surface area contributed by atoms with Gasteiger partial charge in [0.15, 0.2) is 0 Å². The quantitative estimate of drug-likeness (QED) is 0.645. The highest BCUT2D eigenvalue weighted by Crippen LogP contribution is 2.24. The summed E-state index contributed by atoms with van der Waals surface area (Å²) in [7, 11) is 2.01. The Morgan fingerprint density at radius 3 is 2.33 bits per heavy atom. The van der Waals surface area contributed by atoms with E-state index < -0.39 is 5.97 Å². The number of likely N-dealkylation sites (tertiary alicyclic amines) is 2. The van der Waals surface area contributed by atoms with Crippen LogP contribution in [0.25, 0.3) is 0 Å². The predicted molar refractivity (Wildman–Crippen MR) is 53.6 cm³/mol. The van der Waals surface area contributed by atoms with Gasteiger partial charge in [0.2, 0.25) is 0 Å². The summed E-state index contributed by atoms with van der Waals surface area (Å²) in [5.74, 6) is -0.450. The summed E-state index contributed by atoms with van der Waals surface area (Å²) in [5, 5.41) is 8.71. The Bertz CT molecular complexity index is 274. The smallest absolute Gasteiger partial charge is 0.317 e. The van der Waals surface area contributed by atoms with Gasteiger partial charge in [0.25, 0.3) is 0 Å². The number of piperidine rings is 2. The highest BCUT2D eigenvalue weighted by molar-refractivity contribution is 5.86. The summed E-state index contributed by atoms with van der Waals surface area (Å²) < 4.78 is 0. The first kappa shape index (κ1) is 10.6. The van der Waals surface area contributed by atoms with E-state index in [-0.39, 0.29) is 18.4 Å². The molecule has 0 aliphatic carbocycles. The van der Waals surface area contributed by atoms with E-state index >= 15 is 0 Å². The largest absolute Gasteiger partial charge is 0.480 e. The molecule has 5 nitrogen and oxygen atoms in total.